The van der Waals surface area contributed by atoms with Crippen LogP contribution in [0.3, 0.4) is 0 Å². The van der Waals surface area contributed by atoms with E-state index in [2.05, 4.69) is 21.0 Å². The fraction of sp³-hybridized carbons (Fsp3) is 0.406. The number of amides is 4. The molecule has 260 valence electrons. The quantitative estimate of drug-likeness (QED) is 0.128. The molecule has 0 bridgehead atoms. The molecule has 3 rings (SSSR count). The van der Waals surface area contributed by atoms with E-state index in [1.807, 2.05) is 0 Å². The fourth-order valence-corrected chi connectivity index (χ4v) is 4.68. The van der Waals surface area contributed by atoms with Crippen LogP contribution >= 0.6 is 11.6 Å². The number of pyridine rings is 1. The van der Waals surface area contributed by atoms with Crippen molar-refractivity contribution in [3.8, 4) is 0 Å². The second-order valence-electron chi connectivity index (χ2n) is 11.7. The minimum Gasteiger partial charge on any atom is -0.447 e. The van der Waals surface area contributed by atoms with Crippen LogP contribution < -0.4 is 16.1 Å². The maximum absolute atomic E-state index is 14.0. The molecule has 16 heteroatoms. The second-order valence-corrected chi connectivity index (χ2v) is 12.1. The van der Waals surface area contributed by atoms with Crippen LogP contribution in [-0.4, -0.2) is 81.9 Å². The maximum Gasteiger partial charge on any atom is 0.412 e. The van der Waals surface area contributed by atoms with Crippen LogP contribution in [0.2, 0.25) is 5.02 Å². The third-order valence-corrected chi connectivity index (χ3v) is 7.21. The molecule has 48 heavy (non-hydrogen) atoms. The highest BCUT2D eigenvalue weighted by Crippen LogP contribution is 2.21. The number of nitrogens with one attached hydrogen (secondary N) is 3. The number of carbonyl (C=O) groups is 4. The van der Waals surface area contributed by atoms with Crippen LogP contribution in [-0.2, 0) is 30.5 Å². The van der Waals surface area contributed by atoms with E-state index in [0.29, 0.717) is 22.7 Å². The monoisotopic (exact) mass is 692 g/mol. The minimum atomic E-state index is -0.928. The van der Waals surface area contributed by atoms with Gasteiger partial charge in [-0.1, -0.05) is 23.7 Å². The average Bonchev–Trinajstić information content (AvgIpc) is 3.02. The molecule has 0 unspecified atom stereocenters. The molecular formula is C32H39ClF2N6O7. The Hall–Kier alpha value is -4.44. The summed E-state index contributed by atoms with van der Waals surface area (Å²) in [5, 5.41) is 18.0. The van der Waals surface area contributed by atoms with Gasteiger partial charge in [0.1, 0.15) is 24.1 Å². The predicted octanol–water partition coefficient (Wildman–Crippen LogP) is 4.08. The van der Waals surface area contributed by atoms with Crippen LogP contribution in [0, 0.1) is 11.6 Å². The van der Waals surface area contributed by atoms with Crippen molar-refractivity contribution in [2.45, 2.75) is 64.8 Å². The van der Waals surface area contributed by atoms with Crippen LogP contribution in [0.5, 0.6) is 0 Å². The highest BCUT2D eigenvalue weighted by molar-refractivity contribution is 6.31. The molecule has 13 nitrogen and oxygen atoms in total. The zero-order chi connectivity index (χ0) is 35.4. The summed E-state index contributed by atoms with van der Waals surface area (Å²) in [6.45, 7) is 5.31. The molecule has 3 aromatic rings. The SMILES string of the molecule is CC(=O)N(NCc1cccc(F)c1Cl)[C@@H](CCC(=O)NC[C@H](CO)N(C=O)OC(C)(C)C)COC(=O)Nc1cc2cc(F)ccc2cn1. The summed E-state index contributed by atoms with van der Waals surface area (Å²) in [7, 11) is 0. The first kappa shape index (κ1) is 38.0. The van der Waals surface area contributed by atoms with E-state index in [1.165, 1.54) is 43.5 Å². The smallest absolute Gasteiger partial charge is 0.412 e. The molecule has 2 aromatic carbocycles. The van der Waals surface area contributed by atoms with Gasteiger partial charge in [0.05, 0.1) is 29.3 Å². The van der Waals surface area contributed by atoms with Crippen molar-refractivity contribution in [3.63, 3.8) is 0 Å². The summed E-state index contributed by atoms with van der Waals surface area (Å²) in [5.74, 6) is -2.01. The number of aromatic nitrogens is 1. The summed E-state index contributed by atoms with van der Waals surface area (Å²) in [6.07, 6.45) is 0.747. The lowest BCUT2D eigenvalue weighted by Gasteiger charge is -2.32. The van der Waals surface area contributed by atoms with Gasteiger partial charge in [0.2, 0.25) is 18.2 Å². The Labute approximate surface area is 281 Å². The van der Waals surface area contributed by atoms with Crippen molar-refractivity contribution in [2.24, 2.45) is 0 Å². The van der Waals surface area contributed by atoms with Gasteiger partial charge < -0.3 is 15.2 Å². The van der Waals surface area contributed by atoms with Gasteiger partial charge in [-0.2, -0.15) is 0 Å². The molecule has 0 saturated heterocycles. The molecule has 0 fully saturated rings. The molecule has 0 aliphatic rings. The summed E-state index contributed by atoms with van der Waals surface area (Å²) in [5.41, 5.74) is 2.49. The average molecular weight is 693 g/mol. The molecule has 2 atom stereocenters. The van der Waals surface area contributed by atoms with E-state index in [9.17, 15) is 33.1 Å². The molecule has 0 saturated carbocycles. The molecule has 0 aliphatic heterocycles. The van der Waals surface area contributed by atoms with Gasteiger partial charge in [0, 0.05) is 38.0 Å². The first-order chi connectivity index (χ1) is 22.7. The molecular weight excluding hydrogens is 654 g/mol. The summed E-state index contributed by atoms with van der Waals surface area (Å²) < 4.78 is 33.1. The number of rotatable bonds is 16. The lowest BCUT2D eigenvalue weighted by atomic mass is 10.1. The Bertz CT molecular complexity index is 1590. The summed E-state index contributed by atoms with van der Waals surface area (Å²) in [6, 6.07) is 8.01. The van der Waals surface area contributed by atoms with Crippen molar-refractivity contribution in [1.82, 2.24) is 25.8 Å². The van der Waals surface area contributed by atoms with Gasteiger partial charge in [-0.25, -0.2) is 29.0 Å². The number of halogens is 3. The minimum absolute atomic E-state index is 0.0181. The molecule has 4 amide bonds. The molecule has 0 aliphatic carbocycles. The number of anilines is 1. The Morgan fingerprint density at radius 3 is 2.52 bits per heavy atom. The lowest BCUT2D eigenvalue weighted by Crippen LogP contribution is -2.51. The van der Waals surface area contributed by atoms with Gasteiger partial charge in [-0.05, 0) is 68.5 Å². The van der Waals surface area contributed by atoms with E-state index in [1.54, 1.807) is 32.9 Å². The van der Waals surface area contributed by atoms with Crippen molar-refractivity contribution >= 4 is 52.5 Å². The number of ether oxygens (including phenoxy) is 1. The molecule has 1 heterocycles. The van der Waals surface area contributed by atoms with Crippen molar-refractivity contribution in [1.29, 1.82) is 0 Å². The van der Waals surface area contributed by atoms with E-state index in [0.717, 1.165) is 10.1 Å². The number of aliphatic hydroxyl groups is 1. The zero-order valence-corrected chi connectivity index (χ0v) is 27.7. The van der Waals surface area contributed by atoms with Gasteiger partial charge >= 0.3 is 6.09 Å². The number of hydroxylamine groups is 2. The molecule has 0 spiro atoms. The molecule has 0 radical (unpaired) electrons. The number of nitrogens with zero attached hydrogens (tertiary/aromatic N) is 3. The van der Waals surface area contributed by atoms with Crippen molar-refractivity contribution < 1.29 is 42.6 Å². The Kier molecular flexibility index (Phi) is 14.0. The highest BCUT2D eigenvalue weighted by atomic mass is 35.5. The predicted molar refractivity (Wildman–Crippen MR) is 173 cm³/mol. The van der Waals surface area contributed by atoms with Gasteiger partial charge in [0.15, 0.2) is 0 Å². The van der Waals surface area contributed by atoms with Crippen LogP contribution in [0.1, 0.15) is 46.1 Å². The number of hydrogen-bond donors (Lipinski definition) is 4. The van der Waals surface area contributed by atoms with E-state index >= 15 is 0 Å². The Balaban J connectivity index is 1.70. The zero-order valence-electron chi connectivity index (χ0n) is 27.0. The van der Waals surface area contributed by atoms with E-state index < -0.39 is 53.8 Å². The third kappa shape index (κ3) is 11.7. The molecule has 4 N–H and O–H groups in total. The van der Waals surface area contributed by atoms with Crippen molar-refractivity contribution in [2.75, 3.05) is 25.1 Å². The largest absolute Gasteiger partial charge is 0.447 e. The summed E-state index contributed by atoms with van der Waals surface area (Å²) >= 11 is 6.08. The highest BCUT2D eigenvalue weighted by Gasteiger charge is 2.26. The van der Waals surface area contributed by atoms with Crippen molar-refractivity contribution in [3.05, 3.63) is 70.9 Å². The number of fused-ring (bicyclic) bond motifs is 1. The number of carbonyl (C=O) groups excluding carboxylic acids is 4. The fourth-order valence-electron chi connectivity index (χ4n) is 4.48. The third-order valence-electron chi connectivity index (χ3n) is 6.79. The number of hydrazine groups is 1. The number of benzene rings is 2. The maximum atomic E-state index is 14.0. The van der Waals surface area contributed by atoms with E-state index in [4.69, 9.17) is 21.2 Å². The van der Waals surface area contributed by atoms with Crippen LogP contribution in [0.4, 0.5) is 19.4 Å². The number of hydrogen-bond acceptors (Lipinski definition) is 9. The standard InChI is InChI=1S/C32H39ClF2N6O7/c1-20(44)41(38-15-22-6-5-7-27(35)30(22)33)25(10-11-29(45)37-16-26(17-42)40(19-43)48-32(2,3)4)18-47-31(46)39-28-13-23-12-24(34)9-8-21(23)14-36-28/h5-9,12-14,19,25-26,38,42H,10-11,15-18H2,1-4H3,(H,37,45)(H,36,39,46)/t25-,26+/m0/s1. The topological polar surface area (TPSA) is 162 Å². The summed E-state index contributed by atoms with van der Waals surface area (Å²) in [4.78, 5) is 59.5. The first-order valence-electron chi connectivity index (χ1n) is 15.0. The molecule has 1 aromatic heterocycles. The number of aliphatic hydroxyl groups excluding tert-OH is 1. The van der Waals surface area contributed by atoms with Gasteiger partial charge in [-0.15, -0.1) is 0 Å². The van der Waals surface area contributed by atoms with Crippen LogP contribution in [0.15, 0.2) is 48.7 Å². The first-order valence-corrected chi connectivity index (χ1v) is 15.3. The van der Waals surface area contributed by atoms with Gasteiger partial charge in [0.25, 0.3) is 0 Å². The second kappa shape index (κ2) is 17.6. The van der Waals surface area contributed by atoms with E-state index in [-0.39, 0.29) is 43.4 Å². The Morgan fingerprint density at radius 1 is 1.10 bits per heavy atom. The lowest BCUT2D eigenvalue weighted by molar-refractivity contribution is -0.235. The van der Waals surface area contributed by atoms with Crippen LogP contribution in [0.25, 0.3) is 10.8 Å². The Morgan fingerprint density at radius 2 is 1.85 bits per heavy atom. The normalized spacial score (nSPS) is 12.6. The van der Waals surface area contributed by atoms with Gasteiger partial charge in [-0.3, -0.25) is 29.5 Å².